The van der Waals surface area contributed by atoms with Crippen molar-refractivity contribution in [1.29, 1.82) is 0 Å². The van der Waals surface area contributed by atoms with E-state index in [0.717, 1.165) is 30.3 Å². The van der Waals surface area contributed by atoms with E-state index >= 15 is 0 Å². The summed E-state index contributed by atoms with van der Waals surface area (Å²) in [5.74, 6) is 0.856. The Balaban J connectivity index is 2.20. The molecule has 0 fully saturated rings. The van der Waals surface area contributed by atoms with Crippen LogP contribution in [0.1, 0.15) is 25.5 Å². The van der Waals surface area contributed by atoms with Gasteiger partial charge in [-0.3, -0.25) is 0 Å². The van der Waals surface area contributed by atoms with E-state index in [-0.39, 0.29) is 0 Å². The molecule has 0 saturated heterocycles. The Kier molecular flexibility index (Phi) is 4.26. The van der Waals surface area contributed by atoms with E-state index < -0.39 is 0 Å². The van der Waals surface area contributed by atoms with Gasteiger partial charge in [0, 0.05) is 12.7 Å². The lowest BCUT2D eigenvalue weighted by molar-refractivity contribution is 0.637. The van der Waals surface area contributed by atoms with Crippen molar-refractivity contribution in [2.45, 2.75) is 33.2 Å². The summed E-state index contributed by atoms with van der Waals surface area (Å²) in [6.45, 7) is 5.16. The lowest BCUT2D eigenvalue weighted by Crippen LogP contribution is -2.03. The van der Waals surface area contributed by atoms with Gasteiger partial charge in [0.25, 0.3) is 0 Å². The van der Waals surface area contributed by atoms with Gasteiger partial charge in [-0.25, -0.2) is 4.98 Å². The Hall–Kier alpha value is -1.48. The van der Waals surface area contributed by atoms with Crippen LogP contribution in [0.5, 0.6) is 0 Å². The van der Waals surface area contributed by atoms with Gasteiger partial charge in [0.15, 0.2) is 0 Å². The number of aromatic nitrogens is 2. The maximum atomic E-state index is 6.14. The molecule has 96 valence electrons. The van der Waals surface area contributed by atoms with E-state index in [1.54, 1.807) is 0 Å². The summed E-state index contributed by atoms with van der Waals surface area (Å²) < 4.78 is 2.14. The first-order valence-electron chi connectivity index (χ1n) is 6.26. The van der Waals surface area contributed by atoms with Crippen LogP contribution in [0, 0.1) is 6.92 Å². The average Bonchev–Trinajstić information content (AvgIpc) is 2.70. The molecule has 0 amide bonds. The van der Waals surface area contributed by atoms with E-state index in [9.17, 15) is 0 Å². The fraction of sp³-hybridized carbons (Fsp3) is 0.357. The first-order chi connectivity index (χ1) is 8.70. The van der Waals surface area contributed by atoms with E-state index in [0.29, 0.717) is 5.02 Å². The molecule has 3 nitrogen and oxygen atoms in total. The zero-order valence-corrected chi connectivity index (χ0v) is 11.5. The number of benzene rings is 1. The van der Waals surface area contributed by atoms with Crippen molar-refractivity contribution in [3.8, 4) is 0 Å². The minimum atomic E-state index is 0.709. The third kappa shape index (κ3) is 3.05. The maximum absolute atomic E-state index is 6.14. The van der Waals surface area contributed by atoms with Gasteiger partial charge in [-0.2, -0.15) is 0 Å². The van der Waals surface area contributed by atoms with Gasteiger partial charge in [0.2, 0.25) is 5.95 Å². The number of para-hydroxylation sites is 1. The molecule has 4 heteroatoms. The number of hydrogen-bond acceptors (Lipinski definition) is 2. The summed E-state index contributed by atoms with van der Waals surface area (Å²) in [5.41, 5.74) is 1.91. The lowest BCUT2D eigenvalue weighted by atomic mass is 10.3. The molecule has 18 heavy (non-hydrogen) atoms. The summed E-state index contributed by atoms with van der Waals surface area (Å²) in [7, 11) is 0. The first kappa shape index (κ1) is 13.0. The van der Waals surface area contributed by atoms with Crippen molar-refractivity contribution in [1.82, 2.24) is 9.55 Å². The highest BCUT2D eigenvalue weighted by Crippen LogP contribution is 2.24. The fourth-order valence-electron chi connectivity index (χ4n) is 1.83. The molecule has 2 aromatic rings. The number of rotatable bonds is 5. The molecule has 0 radical (unpaired) electrons. The normalized spacial score (nSPS) is 10.6. The van der Waals surface area contributed by atoms with Gasteiger partial charge in [-0.15, -0.1) is 0 Å². The van der Waals surface area contributed by atoms with Gasteiger partial charge < -0.3 is 9.88 Å². The molecule has 0 aliphatic rings. The number of hydrogen-bond donors (Lipinski definition) is 1. The molecule has 1 N–H and O–H groups in total. The van der Waals surface area contributed by atoms with Crippen LogP contribution in [0.25, 0.3) is 0 Å². The number of imidazole rings is 1. The highest BCUT2D eigenvalue weighted by atomic mass is 35.5. The zero-order valence-electron chi connectivity index (χ0n) is 10.8. The van der Waals surface area contributed by atoms with E-state index in [1.165, 1.54) is 6.42 Å². The Morgan fingerprint density at radius 2 is 2.11 bits per heavy atom. The van der Waals surface area contributed by atoms with E-state index in [2.05, 4.69) is 28.0 Å². The molecular weight excluding hydrogens is 246 g/mol. The molecule has 1 aromatic heterocycles. The second-order valence-electron chi connectivity index (χ2n) is 4.36. The molecule has 0 saturated carbocycles. The number of anilines is 2. The second-order valence-corrected chi connectivity index (χ2v) is 4.76. The van der Waals surface area contributed by atoms with Gasteiger partial charge in [0.1, 0.15) is 0 Å². The van der Waals surface area contributed by atoms with Crippen molar-refractivity contribution < 1.29 is 0 Å². The van der Waals surface area contributed by atoms with Crippen LogP contribution in [-0.2, 0) is 6.54 Å². The molecule has 2 rings (SSSR count). The predicted octanol–water partition coefficient (Wildman–Crippen LogP) is 4.39. The molecule has 0 bridgehead atoms. The molecular formula is C14H18ClN3. The molecule has 1 heterocycles. The van der Waals surface area contributed by atoms with Crippen LogP contribution < -0.4 is 5.32 Å². The minimum Gasteiger partial charge on any atom is -0.324 e. The summed E-state index contributed by atoms with van der Waals surface area (Å²) >= 11 is 6.14. The smallest absolute Gasteiger partial charge is 0.207 e. The number of unbranched alkanes of at least 4 members (excludes halogenated alkanes) is 1. The van der Waals surface area contributed by atoms with Crippen LogP contribution >= 0.6 is 11.6 Å². The van der Waals surface area contributed by atoms with Crippen LogP contribution in [0.3, 0.4) is 0 Å². The monoisotopic (exact) mass is 263 g/mol. The summed E-state index contributed by atoms with van der Waals surface area (Å²) in [5, 5.41) is 4.00. The van der Waals surface area contributed by atoms with Crippen molar-refractivity contribution in [2.24, 2.45) is 0 Å². The quantitative estimate of drug-likeness (QED) is 0.867. The molecule has 0 spiro atoms. The first-order valence-corrected chi connectivity index (χ1v) is 6.64. The Morgan fingerprint density at radius 1 is 1.33 bits per heavy atom. The molecule has 0 atom stereocenters. The highest BCUT2D eigenvalue weighted by Gasteiger charge is 2.07. The Morgan fingerprint density at radius 3 is 2.83 bits per heavy atom. The number of nitrogens with one attached hydrogen (secondary N) is 1. The second kappa shape index (κ2) is 5.91. The van der Waals surface area contributed by atoms with E-state index in [4.69, 9.17) is 11.6 Å². The SMILES string of the molecule is CCCCn1cc(C)nc1Nc1ccccc1Cl. The molecule has 0 unspecified atom stereocenters. The third-order valence-electron chi connectivity index (χ3n) is 2.77. The average molecular weight is 264 g/mol. The van der Waals surface area contributed by atoms with Gasteiger partial charge >= 0.3 is 0 Å². The highest BCUT2D eigenvalue weighted by molar-refractivity contribution is 6.33. The third-order valence-corrected chi connectivity index (χ3v) is 3.10. The molecule has 1 aromatic carbocycles. The Bertz CT molecular complexity index is 520. The number of nitrogens with zero attached hydrogens (tertiary/aromatic N) is 2. The van der Waals surface area contributed by atoms with Crippen LogP contribution in [0.2, 0.25) is 5.02 Å². The Labute approximate surface area is 113 Å². The standard InChI is InChI=1S/C14H18ClN3/c1-3-4-9-18-10-11(2)16-14(18)17-13-8-6-5-7-12(13)15/h5-8,10H,3-4,9H2,1-2H3,(H,16,17). The summed E-state index contributed by atoms with van der Waals surface area (Å²) in [6, 6.07) is 7.70. The van der Waals surface area contributed by atoms with E-state index in [1.807, 2.05) is 31.2 Å². The van der Waals surface area contributed by atoms with Crippen molar-refractivity contribution in [3.05, 3.63) is 41.2 Å². The summed E-state index contributed by atoms with van der Waals surface area (Å²) in [6.07, 6.45) is 4.38. The predicted molar refractivity (Wildman–Crippen MR) is 76.6 cm³/mol. The van der Waals surface area contributed by atoms with Crippen molar-refractivity contribution >= 4 is 23.2 Å². The number of aryl methyl sites for hydroxylation is 2. The van der Waals surface area contributed by atoms with Crippen LogP contribution in [-0.4, -0.2) is 9.55 Å². The fourth-order valence-corrected chi connectivity index (χ4v) is 2.01. The molecule has 0 aliphatic heterocycles. The van der Waals surface area contributed by atoms with Gasteiger partial charge in [-0.05, 0) is 25.5 Å². The summed E-state index contributed by atoms with van der Waals surface area (Å²) in [4.78, 5) is 4.49. The lowest BCUT2D eigenvalue weighted by Gasteiger charge is -2.10. The maximum Gasteiger partial charge on any atom is 0.207 e. The van der Waals surface area contributed by atoms with Crippen molar-refractivity contribution in [3.63, 3.8) is 0 Å². The van der Waals surface area contributed by atoms with Crippen molar-refractivity contribution in [2.75, 3.05) is 5.32 Å². The van der Waals surface area contributed by atoms with Gasteiger partial charge in [0.05, 0.1) is 16.4 Å². The minimum absolute atomic E-state index is 0.709. The largest absolute Gasteiger partial charge is 0.324 e. The number of halogens is 1. The topological polar surface area (TPSA) is 29.9 Å². The van der Waals surface area contributed by atoms with Crippen LogP contribution in [0.15, 0.2) is 30.5 Å². The van der Waals surface area contributed by atoms with Gasteiger partial charge in [-0.1, -0.05) is 37.1 Å². The zero-order chi connectivity index (χ0) is 13.0. The van der Waals surface area contributed by atoms with Crippen LogP contribution in [0.4, 0.5) is 11.6 Å². The molecule has 0 aliphatic carbocycles.